The summed E-state index contributed by atoms with van der Waals surface area (Å²) in [5.41, 5.74) is 3.33. The zero-order valence-corrected chi connectivity index (χ0v) is 16.5. The summed E-state index contributed by atoms with van der Waals surface area (Å²) in [7, 11) is 1.57. The van der Waals surface area contributed by atoms with E-state index in [-0.39, 0.29) is 36.9 Å². The second-order valence-corrected chi connectivity index (χ2v) is 7.85. The maximum atomic E-state index is 13.6. The predicted octanol–water partition coefficient (Wildman–Crippen LogP) is 2.89. The van der Waals surface area contributed by atoms with Gasteiger partial charge in [0.2, 0.25) is 11.8 Å². The minimum atomic E-state index is -0.365. The fourth-order valence-corrected chi connectivity index (χ4v) is 4.58. The Morgan fingerprint density at radius 2 is 2.20 bits per heavy atom. The lowest BCUT2D eigenvalue weighted by molar-refractivity contribution is -0.132. The first-order valence-electron chi connectivity index (χ1n) is 9.88. The lowest BCUT2D eigenvalue weighted by atomic mass is 10.0. The molecule has 5 rings (SSSR count). The monoisotopic (exact) mass is 408 g/mol. The normalized spacial score (nSPS) is 21.9. The molecule has 1 aromatic carbocycles. The summed E-state index contributed by atoms with van der Waals surface area (Å²) in [5.74, 6) is 0.364. The third kappa shape index (κ3) is 3.18. The summed E-state index contributed by atoms with van der Waals surface area (Å²) < 4.78 is 18.8. The molecule has 1 saturated heterocycles. The van der Waals surface area contributed by atoms with Gasteiger partial charge in [-0.2, -0.15) is 0 Å². The van der Waals surface area contributed by atoms with Crippen LogP contribution in [0, 0.1) is 11.7 Å². The summed E-state index contributed by atoms with van der Waals surface area (Å²) in [6.07, 6.45) is 4.80. The van der Waals surface area contributed by atoms with E-state index in [4.69, 9.17) is 4.74 Å². The molecule has 1 aliphatic carbocycles. The van der Waals surface area contributed by atoms with Gasteiger partial charge in [-0.05, 0) is 53.3 Å². The highest BCUT2D eigenvalue weighted by Crippen LogP contribution is 2.42. The Morgan fingerprint density at radius 1 is 1.33 bits per heavy atom. The number of carbonyl (C=O) groups is 2. The van der Waals surface area contributed by atoms with E-state index in [9.17, 15) is 14.0 Å². The number of urea groups is 1. The maximum Gasteiger partial charge on any atom is 0.322 e. The van der Waals surface area contributed by atoms with Crippen LogP contribution in [0.3, 0.4) is 0 Å². The van der Waals surface area contributed by atoms with Crippen molar-refractivity contribution in [3.63, 3.8) is 0 Å². The number of benzene rings is 1. The summed E-state index contributed by atoms with van der Waals surface area (Å²) in [4.78, 5) is 32.9. The van der Waals surface area contributed by atoms with Gasteiger partial charge in [-0.3, -0.25) is 4.79 Å². The number of halogens is 1. The van der Waals surface area contributed by atoms with Crippen molar-refractivity contribution in [1.29, 1.82) is 0 Å². The number of nitrogens with zero attached hydrogens (tertiary/aromatic N) is 3. The minimum absolute atomic E-state index is 0.0211. The van der Waals surface area contributed by atoms with Gasteiger partial charge in [0.05, 0.1) is 19.7 Å². The van der Waals surface area contributed by atoms with Gasteiger partial charge in [-0.1, -0.05) is 6.08 Å². The molecule has 7 nitrogen and oxygen atoms in total. The quantitative estimate of drug-likeness (QED) is 0.844. The highest BCUT2D eigenvalue weighted by molar-refractivity contribution is 5.95. The number of pyridine rings is 1. The molecule has 1 aromatic heterocycles. The summed E-state index contributed by atoms with van der Waals surface area (Å²) in [6, 6.07) is 7.67. The van der Waals surface area contributed by atoms with E-state index < -0.39 is 0 Å². The van der Waals surface area contributed by atoms with Gasteiger partial charge in [-0.25, -0.2) is 14.2 Å². The first-order valence-corrected chi connectivity index (χ1v) is 9.88. The van der Waals surface area contributed by atoms with Gasteiger partial charge in [0.25, 0.3) is 0 Å². The molecule has 1 N–H and O–H groups in total. The number of methoxy groups -OCH3 is 1. The van der Waals surface area contributed by atoms with Crippen LogP contribution in [-0.2, 0) is 11.3 Å². The number of anilines is 1. The number of carbonyl (C=O) groups excluding carboxylic acids is 2. The molecule has 0 spiro atoms. The predicted molar refractivity (Wildman–Crippen MR) is 108 cm³/mol. The van der Waals surface area contributed by atoms with Crippen molar-refractivity contribution in [3.8, 4) is 5.88 Å². The van der Waals surface area contributed by atoms with Crippen LogP contribution in [0.2, 0.25) is 0 Å². The Balaban J connectivity index is 1.32. The second kappa shape index (κ2) is 7.12. The fraction of sp³-hybridized carbons (Fsp3) is 0.318. The molecule has 3 heterocycles. The van der Waals surface area contributed by atoms with E-state index in [0.29, 0.717) is 29.6 Å². The van der Waals surface area contributed by atoms with Gasteiger partial charge in [0.1, 0.15) is 12.4 Å². The summed E-state index contributed by atoms with van der Waals surface area (Å²) in [5, 5.41) is 2.73. The average molecular weight is 408 g/mol. The first kappa shape index (κ1) is 18.6. The van der Waals surface area contributed by atoms with E-state index in [1.165, 1.54) is 17.0 Å². The topological polar surface area (TPSA) is 74.8 Å². The zero-order valence-electron chi connectivity index (χ0n) is 16.5. The molecular weight excluding hydrogens is 387 g/mol. The molecule has 8 heteroatoms. The van der Waals surface area contributed by atoms with Crippen LogP contribution >= 0.6 is 0 Å². The Hall–Kier alpha value is -3.42. The van der Waals surface area contributed by atoms with Crippen LogP contribution < -0.4 is 10.1 Å². The molecular formula is C22H21FN4O3. The molecule has 3 amide bonds. The van der Waals surface area contributed by atoms with E-state index >= 15 is 0 Å². The van der Waals surface area contributed by atoms with E-state index in [0.717, 1.165) is 17.6 Å². The maximum absolute atomic E-state index is 13.6. The molecule has 1 fully saturated rings. The van der Waals surface area contributed by atoms with Crippen molar-refractivity contribution < 1.29 is 18.7 Å². The molecule has 0 unspecified atom stereocenters. The number of ether oxygens (including phenoxy) is 1. The molecule has 2 aromatic rings. The van der Waals surface area contributed by atoms with Gasteiger partial charge in [0, 0.05) is 24.5 Å². The molecule has 154 valence electrons. The number of likely N-dealkylation sites (tertiary alicyclic amines) is 1. The van der Waals surface area contributed by atoms with Gasteiger partial charge in [0.15, 0.2) is 0 Å². The highest BCUT2D eigenvalue weighted by atomic mass is 19.1. The highest BCUT2D eigenvalue weighted by Gasteiger charge is 2.42. The first-order chi connectivity index (χ1) is 14.5. The Morgan fingerprint density at radius 3 is 3.00 bits per heavy atom. The van der Waals surface area contributed by atoms with Crippen LogP contribution in [-0.4, -0.2) is 53.0 Å². The second-order valence-electron chi connectivity index (χ2n) is 7.85. The minimum Gasteiger partial charge on any atom is -0.481 e. The number of fused-ring (bicyclic) bond motifs is 3. The van der Waals surface area contributed by atoms with Crippen LogP contribution in [0.5, 0.6) is 5.88 Å². The number of rotatable bonds is 4. The molecule has 0 radical (unpaired) electrons. The SMILES string of the molecule is COc1cc(C2=C[C@@H]3C[C@H]2N(C(=O)CN2Cc4cc(F)ccc4NC2=O)C3)ccn1. The van der Waals surface area contributed by atoms with Gasteiger partial charge < -0.3 is 19.9 Å². The van der Waals surface area contributed by atoms with E-state index in [2.05, 4.69) is 16.4 Å². The largest absolute Gasteiger partial charge is 0.481 e. The Bertz CT molecular complexity index is 1070. The van der Waals surface area contributed by atoms with Crippen LogP contribution in [0.25, 0.3) is 5.57 Å². The van der Waals surface area contributed by atoms with Crippen molar-refractivity contribution >= 4 is 23.2 Å². The van der Waals surface area contributed by atoms with Gasteiger partial charge >= 0.3 is 6.03 Å². The van der Waals surface area contributed by atoms with Crippen molar-refractivity contribution in [1.82, 2.24) is 14.8 Å². The molecule has 2 aliphatic heterocycles. The smallest absolute Gasteiger partial charge is 0.322 e. The number of aromatic nitrogens is 1. The van der Waals surface area contributed by atoms with Crippen molar-refractivity contribution in [3.05, 3.63) is 59.5 Å². The van der Waals surface area contributed by atoms with Crippen LogP contribution in [0.15, 0.2) is 42.6 Å². The third-order valence-electron chi connectivity index (χ3n) is 5.99. The van der Waals surface area contributed by atoms with Crippen molar-refractivity contribution in [2.75, 3.05) is 25.5 Å². The Labute approximate surface area is 173 Å². The standard InChI is InChI=1S/C22H21FN4O3/c1-30-20-9-14(4-5-24-20)17-6-13-7-19(17)27(10-13)21(28)12-26-11-15-8-16(23)2-3-18(15)25-22(26)29/h2-6,8-9,13,19H,7,10-12H2,1H3,(H,25,29)/t13-,19-/m1/s1. The molecule has 30 heavy (non-hydrogen) atoms. The fourth-order valence-electron chi connectivity index (χ4n) is 4.58. The number of nitrogens with one attached hydrogen (secondary N) is 1. The third-order valence-corrected chi connectivity index (χ3v) is 5.99. The summed E-state index contributed by atoms with van der Waals surface area (Å²) >= 11 is 0. The van der Waals surface area contributed by atoms with E-state index in [1.54, 1.807) is 19.4 Å². The average Bonchev–Trinajstić information content (AvgIpc) is 3.36. The molecule has 0 saturated carbocycles. The lowest BCUT2D eigenvalue weighted by Crippen LogP contribution is -2.48. The zero-order chi connectivity index (χ0) is 20.8. The number of amides is 3. The van der Waals surface area contributed by atoms with E-state index in [1.807, 2.05) is 17.0 Å². The molecule has 3 aliphatic rings. The number of hydrogen-bond acceptors (Lipinski definition) is 4. The lowest BCUT2D eigenvalue weighted by Gasteiger charge is -2.33. The van der Waals surface area contributed by atoms with Gasteiger partial charge in [-0.15, -0.1) is 0 Å². The Kier molecular flexibility index (Phi) is 4.42. The van der Waals surface area contributed by atoms with Crippen molar-refractivity contribution in [2.24, 2.45) is 5.92 Å². The van der Waals surface area contributed by atoms with Crippen LogP contribution in [0.1, 0.15) is 17.5 Å². The number of hydrogen-bond donors (Lipinski definition) is 1. The molecule has 2 atom stereocenters. The van der Waals surface area contributed by atoms with Crippen LogP contribution in [0.4, 0.5) is 14.9 Å². The van der Waals surface area contributed by atoms with Crippen molar-refractivity contribution in [2.45, 2.75) is 19.0 Å². The molecule has 2 bridgehead atoms. The summed E-state index contributed by atoms with van der Waals surface area (Å²) in [6.45, 7) is 0.810.